The molecule has 0 saturated heterocycles. The van der Waals surface area contributed by atoms with E-state index in [1.54, 1.807) is 0 Å². The molecular weight excluding hydrogens is 870 g/mol. The van der Waals surface area contributed by atoms with Gasteiger partial charge in [0.05, 0.1) is 0 Å². The monoisotopic (exact) mass is 923 g/mol. The molecular formula is C65H54N3OP. The van der Waals surface area contributed by atoms with Crippen molar-refractivity contribution in [2.24, 2.45) is 23.7 Å². The number of nitrogens with zero attached hydrogens (tertiary/aromatic N) is 3. The second-order valence-corrected chi connectivity index (χ2v) is 23.9. The molecule has 340 valence electrons. The van der Waals surface area contributed by atoms with Gasteiger partial charge in [-0.3, -0.25) is 0 Å². The highest BCUT2D eigenvalue weighted by Gasteiger charge is 2.58. The van der Waals surface area contributed by atoms with E-state index in [1.165, 1.54) is 81.5 Å². The smallest absolute Gasteiger partial charge is 0.164 e. The van der Waals surface area contributed by atoms with Crippen LogP contribution in [0.1, 0.15) is 43.2 Å². The van der Waals surface area contributed by atoms with Gasteiger partial charge in [0.1, 0.15) is 7.14 Å². The maximum Gasteiger partial charge on any atom is 0.164 e. The summed E-state index contributed by atoms with van der Waals surface area (Å²) in [6.45, 7) is 3.69. The first-order valence-corrected chi connectivity index (χ1v) is 27.7. The number of benzene rings is 9. The molecule has 0 radical (unpaired) electrons. The Morgan fingerprint density at radius 2 is 0.743 bits per heavy atom. The summed E-state index contributed by atoms with van der Waals surface area (Å²) in [6, 6.07) is 74.7. The van der Waals surface area contributed by atoms with E-state index in [-0.39, 0.29) is 5.41 Å². The number of aromatic nitrogens is 3. The molecule has 1 aromatic heterocycles. The lowest BCUT2D eigenvalue weighted by Gasteiger charge is -2.62. The minimum Gasteiger partial charge on any atom is -0.319 e. The van der Waals surface area contributed by atoms with Crippen LogP contribution in [0.25, 0.3) is 89.1 Å². The van der Waals surface area contributed by atoms with Crippen molar-refractivity contribution in [2.45, 2.75) is 37.5 Å². The fraction of sp³-hybridized carbons (Fsp3) is 0.185. The summed E-state index contributed by atoms with van der Waals surface area (Å²) in [5.74, 6) is 4.85. The van der Waals surface area contributed by atoms with Gasteiger partial charge in [-0.1, -0.05) is 200 Å². The summed E-state index contributed by atoms with van der Waals surface area (Å²) >= 11 is 0. The Labute approximate surface area is 411 Å². The van der Waals surface area contributed by atoms with Gasteiger partial charge in [-0.05, 0) is 141 Å². The van der Waals surface area contributed by atoms with Crippen LogP contribution in [0.5, 0.6) is 0 Å². The molecule has 0 N–H and O–H groups in total. The Balaban J connectivity index is 0.911. The molecule has 0 unspecified atom stereocenters. The lowest BCUT2D eigenvalue weighted by atomic mass is 9.42. The zero-order chi connectivity index (χ0) is 47.0. The van der Waals surface area contributed by atoms with Crippen molar-refractivity contribution in [2.75, 3.05) is 13.3 Å². The highest BCUT2D eigenvalue weighted by Crippen LogP contribution is 2.65. The largest absolute Gasteiger partial charge is 0.319 e. The average Bonchev–Trinajstić information content (AvgIpc) is 3.41. The molecule has 9 aromatic carbocycles. The Morgan fingerprint density at radius 1 is 0.371 bits per heavy atom. The fourth-order valence-corrected chi connectivity index (χ4v) is 14.3. The molecule has 4 saturated carbocycles. The third kappa shape index (κ3) is 7.26. The van der Waals surface area contributed by atoms with E-state index < -0.39 is 7.14 Å². The first-order valence-electron chi connectivity index (χ1n) is 25.1. The summed E-state index contributed by atoms with van der Waals surface area (Å²) < 4.78 is 13.0. The van der Waals surface area contributed by atoms with Gasteiger partial charge in [-0.2, -0.15) is 0 Å². The van der Waals surface area contributed by atoms with E-state index in [4.69, 9.17) is 15.0 Å². The van der Waals surface area contributed by atoms with Crippen LogP contribution in [-0.4, -0.2) is 28.3 Å². The summed E-state index contributed by atoms with van der Waals surface area (Å²) in [5, 5.41) is 5.84. The van der Waals surface area contributed by atoms with E-state index in [0.717, 1.165) is 50.5 Å². The second-order valence-electron chi connectivity index (χ2n) is 20.7. The van der Waals surface area contributed by atoms with Gasteiger partial charge in [0, 0.05) is 27.4 Å². The van der Waals surface area contributed by atoms with E-state index in [1.807, 2.05) is 31.5 Å². The van der Waals surface area contributed by atoms with E-state index in [0.29, 0.717) is 29.3 Å². The van der Waals surface area contributed by atoms with Crippen molar-refractivity contribution in [1.29, 1.82) is 0 Å². The van der Waals surface area contributed by atoms with Crippen LogP contribution >= 0.6 is 7.14 Å². The number of hydrogen-bond acceptors (Lipinski definition) is 4. The Kier molecular flexibility index (Phi) is 10.4. The van der Waals surface area contributed by atoms with Gasteiger partial charge in [-0.15, -0.1) is 0 Å². The number of hydrogen-bond donors (Lipinski definition) is 0. The maximum atomic E-state index is 13.0. The van der Waals surface area contributed by atoms with Crippen LogP contribution in [0.2, 0.25) is 0 Å². The SMILES string of the molecule is CP(C)(=O)c1ccc(-c2c3ccccc3c(-c3ccc(C4(c5ccc(-c6nc(-c7ccccc7)nc(-c7cccc(-c8ccccc8)c7)n6)cc5)C5CC6CC(C5)CC4C6)cc3)c3ccccc23)cc1. The van der Waals surface area contributed by atoms with Gasteiger partial charge >= 0.3 is 0 Å². The quantitative estimate of drug-likeness (QED) is 0.107. The van der Waals surface area contributed by atoms with Crippen molar-refractivity contribution < 1.29 is 4.57 Å². The molecule has 0 amide bonds. The molecule has 0 atom stereocenters. The van der Waals surface area contributed by atoms with E-state index in [2.05, 4.69) is 188 Å². The molecule has 14 rings (SSSR count). The molecule has 10 aromatic rings. The lowest BCUT2D eigenvalue weighted by Crippen LogP contribution is -2.56. The van der Waals surface area contributed by atoms with Crippen LogP contribution < -0.4 is 5.30 Å². The van der Waals surface area contributed by atoms with Crippen molar-refractivity contribution >= 4 is 34.0 Å². The van der Waals surface area contributed by atoms with Gasteiger partial charge < -0.3 is 4.57 Å². The molecule has 70 heavy (non-hydrogen) atoms. The topological polar surface area (TPSA) is 55.7 Å². The molecule has 0 aliphatic heterocycles. The normalized spacial score (nSPS) is 20.5. The van der Waals surface area contributed by atoms with Gasteiger partial charge in [-0.25, -0.2) is 15.0 Å². The van der Waals surface area contributed by atoms with Crippen LogP contribution in [0.4, 0.5) is 0 Å². The zero-order valence-electron chi connectivity index (χ0n) is 39.7. The minimum absolute atomic E-state index is 0.0804. The lowest BCUT2D eigenvalue weighted by molar-refractivity contribution is -0.0418. The van der Waals surface area contributed by atoms with Crippen LogP contribution in [-0.2, 0) is 9.98 Å². The van der Waals surface area contributed by atoms with Crippen LogP contribution in [0.3, 0.4) is 0 Å². The van der Waals surface area contributed by atoms with E-state index in [9.17, 15) is 4.57 Å². The van der Waals surface area contributed by atoms with Gasteiger partial charge in [0.25, 0.3) is 0 Å². The molecule has 4 fully saturated rings. The van der Waals surface area contributed by atoms with Crippen molar-refractivity contribution in [3.8, 4) is 67.5 Å². The molecule has 1 heterocycles. The zero-order valence-corrected chi connectivity index (χ0v) is 40.6. The minimum atomic E-state index is -2.37. The summed E-state index contributed by atoms with van der Waals surface area (Å²) in [7, 11) is -2.37. The number of fused-ring (bicyclic) bond motifs is 2. The maximum absolute atomic E-state index is 13.0. The average molecular weight is 924 g/mol. The Bertz CT molecular complexity index is 3550. The first kappa shape index (κ1) is 42.8. The molecule has 4 bridgehead atoms. The highest BCUT2D eigenvalue weighted by molar-refractivity contribution is 7.70. The molecule has 4 aliphatic carbocycles. The van der Waals surface area contributed by atoms with Gasteiger partial charge in [0.2, 0.25) is 0 Å². The second kappa shape index (κ2) is 17.0. The first-order chi connectivity index (χ1) is 34.3. The highest BCUT2D eigenvalue weighted by atomic mass is 31.2. The van der Waals surface area contributed by atoms with E-state index >= 15 is 0 Å². The predicted molar refractivity (Wildman–Crippen MR) is 291 cm³/mol. The molecule has 5 heteroatoms. The predicted octanol–water partition coefficient (Wildman–Crippen LogP) is 16.2. The standard InChI is InChI=1S/C65H54N3OP/c1-70(2,69)55-34-28-46(29-35-55)61-58-22-11-9-20-56(58)60(57-21-10-12-23-59(57)61)45-24-30-51(31-25-45)65(53-37-42-36-43(39-53)40-54(65)38-42)52-32-26-48(27-33-52)63-66-62(47-16-7-4-8-17-47)67-64(68-63)50-19-13-18-49(41-50)44-14-5-3-6-15-44/h3-35,41-43,53-54H,36-40H2,1-2H3. The van der Waals surface area contributed by atoms with Crippen LogP contribution in [0, 0.1) is 23.7 Å². The fourth-order valence-electron chi connectivity index (χ4n) is 13.4. The Morgan fingerprint density at radius 3 is 1.21 bits per heavy atom. The third-order valence-electron chi connectivity index (χ3n) is 16.3. The van der Waals surface area contributed by atoms with Crippen molar-refractivity contribution in [1.82, 2.24) is 15.0 Å². The molecule has 4 aliphatic rings. The summed E-state index contributed by atoms with van der Waals surface area (Å²) in [6.07, 6.45) is 6.57. The van der Waals surface area contributed by atoms with Crippen LogP contribution in [0.15, 0.2) is 206 Å². The van der Waals surface area contributed by atoms with Crippen molar-refractivity contribution in [3.63, 3.8) is 0 Å². The van der Waals surface area contributed by atoms with Gasteiger partial charge in [0.15, 0.2) is 17.5 Å². The Hall–Kier alpha value is -7.26. The molecule has 4 nitrogen and oxygen atoms in total. The summed E-state index contributed by atoms with van der Waals surface area (Å²) in [5.41, 5.74) is 12.9. The molecule has 0 spiro atoms. The third-order valence-corrected chi connectivity index (χ3v) is 17.8. The number of rotatable bonds is 9. The van der Waals surface area contributed by atoms with Crippen molar-refractivity contribution in [3.05, 3.63) is 217 Å². The summed E-state index contributed by atoms with van der Waals surface area (Å²) in [4.78, 5) is 15.4.